The summed E-state index contributed by atoms with van der Waals surface area (Å²) in [6.07, 6.45) is -4.25. The highest BCUT2D eigenvalue weighted by molar-refractivity contribution is 9.10. The largest absolute Gasteiger partial charge is 0.434 e. The zero-order valence-electron chi connectivity index (χ0n) is 6.60. The molecule has 3 nitrogen and oxygen atoms in total. The molecular formula is C7H4BrF3N2O. The first-order valence-corrected chi connectivity index (χ1v) is 4.14. The van der Waals surface area contributed by atoms with Crippen molar-refractivity contribution in [3.05, 3.63) is 21.8 Å². The maximum absolute atomic E-state index is 12.2. The van der Waals surface area contributed by atoms with Crippen LogP contribution in [-0.4, -0.2) is 11.3 Å². The Morgan fingerprint density at radius 3 is 2.50 bits per heavy atom. The standard InChI is InChI=1S/C7H4BrF3N2O/c8-4-1-3(2-14)6(12)13-5(4)7(9,10)11/h1-2H,(H2,12,13). The molecule has 76 valence electrons. The normalized spacial score (nSPS) is 11.4. The van der Waals surface area contributed by atoms with Gasteiger partial charge in [0, 0.05) is 4.47 Å². The van der Waals surface area contributed by atoms with Gasteiger partial charge < -0.3 is 5.73 Å². The van der Waals surface area contributed by atoms with Crippen LogP contribution in [0, 0.1) is 0 Å². The quantitative estimate of drug-likeness (QED) is 0.795. The second-order valence-electron chi connectivity index (χ2n) is 2.41. The summed E-state index contributed by atoms with van der Waals surface area (Å²) in [7, 11) is 0. The van der Waals surface area contributed by atoms with Crippen LogP contribution in [0.4, 0.5) is 19.0 Å². The molecular weight excluding hydrogens is 265 g/mol. The minimum absolute atomic E-state index is 0.0788. The first-order valence-electron chi connectivity index (χ1n) is 3.34. The van der Waals surface area contributed by atoms with Gasteiger partial charge in [-0.25, -0.2) is 4.98 Å². The van der Waals surface area contributed by atoms with Crippen LogP contribution in [-0.2, 0) is 6.18 Å². The summed E-state index contributed by atoms with van der Waals surface area (Å²) in [5.74, 6) is -0.435. The third-order valence-corrected chi connectivity index (χ3v) is 2.04. The fraction of sp³-hybridized carbons (Fsp3) is 0.143. The van der Waals surface area contributed by atoms with Gasteiger partial charge in [-0.1, -0.05) is 0 Å². The van der Waals surface area contributed by atoms with E-state index in [4.69, 9.17) is 5.73 Å². The number of aromatic nitrogens is 1. The molecule has 0 atom stereocenters. The van der Waals surface area contributed by atoms with Crippen LogP contribution in [0.3, 0.4) is 0 Å². The molecule has 7 heteroatoms. The molecule has 0 saturated heterocycles. The summed E-state index contributed by atoms with van der Waals surface area (Å²) in [6, 6.07) is 0.984. The van der Waals surface area contributed by atoms with Crippen molar-refractivity contribution in [1.82, 2.24) is 4.98 Å². The maximum atomic E-state index is 12.2. The second-order valence-corrected chi connectivity index (χ2v) is 3.26. The molecule has 0 radical (unpaired) electrons. The molecule has 2 N–H and O–H groups in total. The smallest absolute Gasteiger partial charge is 0.383 e. The van der Waals surface area contributed by atoms with Crippen molar-refractivity contribution in [2.75, 3.05) is 5.73 Å². The topological polar surface area (TPSA) is 56.0 Å². The number of alkyl halides is 3. The first kappa shape index (κ1) is 11.0. The second kappa shape index (κ2) is 3.56. The summed E-state index contributed by atoms with van der Waals surface area (Å²) >= 11 is 2.66. The van der Waals surface area contributed by atoms with E-state index in [0.717, 1.165) is 6.07 Å². The van der Waals surface area contributed by atoms with E-state index in [9.17, 15) is 18.0 Å². The number of aldehydes is 1. The van der Waals surface area contributed by atoms with Crippen molar-refractivity contribution in [2.24, 2.45) is 0 Å². The average Bonchev–Trinajstić information content (AvgIpc) is 2.06. The molecule has 0 aliphatic carbocycles. The third-order valence-electron chi connectivity index (χ3n) is 1.43. The van der Waals surface area contributed by atoms with Crippen LogP contribution in [0.1, 0.15) is 16.1 Å². The Hall–Kier alpha value is -1.11. The van der Waals surface area contributed by atoms with Crippen LogP contribution in [0.15, 0.2) is 10.5 Å². The minimum Gasteiger partial charge on any atom is -0.383 e. The van der Waals surface area contributed by atoms with Crippen molar-refractivity contribution in [1.29, 1.82) is 0 Å². The van der Waals surface area contributed by atoms with E-state index >= 15 is 0 Å². The predicted octanol–water partition coefficient (Wildman–Crippen LogP) is 2.26. The number of hydrogen-bond donors (Lipinski definition) is 1. The van der Waals surface area contributed by atoms with Gasteiger partial charge in [0.2, 0.25) is 0 Å². The summed E-state index contributed by atoms with van der Waals surface area (Å²) in [6.45, 7) is 0. The Morgan fingerprint density at radius 1 is 1.50 bits per heavy atom. The van der Waals surface area contributed by atoms with Crippen LogP contribution in [0.2, 0.25) is 0 Å². The van der Waals surface area contributed by atoms with E-state index in [1.807, 2.05) is 0 Å². The van der Waals surface area contributed by atoms with Gasteiger partial charge in [-0.3, -0.25) is 4.79 Å². The lowest BCUT2D eigenvalue weighted by Crippen LogP contribution is -2.12. The summed E-state index contributed by atoms with van der Waals surface area (Å²) < 4.78 is 36.4. The number of nitrogen functional groups attached to an aromatic ring is 1. The van der Waals surface area contributed by atoms with Gasteiger partial charge in [0.05, 0.1) is 5.56 Å². The van der Waals surface area contributed by atoms with Gasteiger partial charge in [-0.2, -0.15) is 13.2 Å². The summed E-state index contributed by atoms with van der Waals surface area (Å²) in [5.41, 5.74) is 3.92. The fourth-order valence-electron chi connectivity index (χ4n) is 0.810. The Labute approximate surface area is 85.2 Å². The van der Waals surface area contributed by atoms with Crippen molar-refractivity contribution in [3.63, 3.8) is 0 Å². The number of halogens is 4. The molecule has 0 aromatic carbocycles. The van der Waals surface area contributed by atoms with Gasteiger partial charge >= 0.3 is 6.18 Å². The number of hydrogen-bond acceptors (Lipinski definition) is 3. The van der Waals surface area contributed by atoms with Gasteiger partial charge in [0.25, 0.3) is 0 Å². The lowest BCUT2D eigenvalue weighted by Gasteiger charge is -2.09. The van der Waals surface area contributed by atoms with E-state index in [1.165, 1.54) is 0 Å². The lowest BCUT2D eigenvalue weighted by molar-refractivity contribution is -0.141. The Balaban J connectivity index is 3.36. The number of carbonyl (C=O) groups is 1. The molecule has 0 amide bonds. The average molecular weight is 269 g/mol. The highest BCUT2D eigenvalue weighted by atomic mass is 79.9. The van der Waals surface area contributed by atoms with Crippen molar-refractivity contribution >= 4 is 28.0 Å². The highest BCUT2D eigenvalue weighted by Crippen LogP contribution is 2.34. The van der Waals surface area contributed by atoms with Gasteiger partial charge in [0.1, 0.15) is 5.82 Å². The van der Waals surface area contributed by atoms with Gasteiger partial charge in [-0.15, -0.1) is 0 Å². The number of pyridine rings is 1. The van der Waals surface area contributed by atoms with E-state index in [2.05, 4.69) is 20.9 Å². The van der Waals surface area contributed by atoms with Crippen LogP contribution >= 0.6 is 15.9 Å². The van der Waals surface area contributed by atoms with E-state index in [0.29, 0.717) is 6.29 Å². The molecule has 1 aromatic rings. The number of nitrogens with two attached hydrogens (primary N) is 1. The van der Waals surface area contributed by atoms with Crippen LogP contribution in [0.5, 0.6) is 0 Å². The molecule has 0 bridgehead atoms. The number of carbonyl (C=O) groups excluding carboxylic acids is 1. The summed E-state index contributed by atoms with van der Waals surface area (Å²) in [5, 5.41) is 0. The van der Waals surface area contributed by atoms with E-state index in [-0.39, 0.29) is 10.0 Å². The predicted molar refractivity (Wildman–Crippen MR) is 46.7 cm³/mol. The number of nitrogens with zero attached hydrogens (tertiary/aromatic N) is 1. The number of rotatable bonds is 1. The number of anilines is 1. The van der Waals surface area contributed by atoms with Crippen molar-refractivity contribution < 1.29 is 18.0 Å². The zero-order chi connectivity index (χ0) is 10.9. The molecule has 0 saturated carbocycles. The molecule has 0 unspecified atom stereocenters. The molecule has 0 aliphatic rings. The monoisotopic (exact) mass is 268 g/mol. The van der Waals surface area contributed by atoms with Gasteiger partial charge in [-0.05, 0) is 22.0 Å². The first-order chi connectivity index (χ1) is 6.36. The Bertz CT molecular complexity index is 378. The SMILES string of the molecule is Nc1nc(C(F)(F)F)c(Br)cc1C=O. The Morgan fingerprint density at radius 2 is 2.07 bits per heavy atom. The van der Waals surface area contributed by atoms with Crippen molar-refractivity contribution in [2.45, 2.75) is 6.18 Å². The molecule has 1 rings (SSSR count). The Kier molecular flexibility index (Phi) is 2.79. The minimum atomic E-state index is -4.59. The highest BCUT2D eigenvalue weighted by Gasteiger charge is 2.35. The summed E-state index contributed by atoms with van der Waals surface area (Å²) in [4.78, 5) is 13.4. The molecule has 0 fully saturated rings. The van der Waals surface area contributed by atoms with Crippen LogP contribution < -0.4 is 5.73 Å². The molecule has 14 heavy (non-hydrogen) atoms. The fourth-order valence-corrected chi connectivity index (χ4v) is 1.37. The third kappa shape index (κ3) is 2.03. The maximum Gasteiger partial charge on any atom is 0.434 e. The molecule has 1 aromatic heterocycles. The van der Waals surface area contributed by atoms with E-state index in [1.54, 1.807) is 0 Å². The molecule has 0 aliphatic heterocycles. The van der Waals surface area contributed by atoms with Gasteiger partial charge in [0.15, 0.2) is 12.0 Å². The van der Waals surface area contributed by atoms with E-state index < -0.39 is 17.7 Å². The lowest BCUT2D eigenvalue weighted by atomic mass is 10.2. The zero-order valence-corrected chi connectivity index (χ0v) is 8.19. The van der Waals surface area contributed by atoms with Crippen molar-refractivity contribution in [3.8, 4) is 0 Å². The molecule has 0 spiro atoms. The molecule has 1 heterocycles. The van der Waals surface area contributed by atoms with Crippen LogP contribution in [0.25, 0.3) is 0 Å².